The molecule has 0 bridgehead atoms. The maximum Gasteiger partial charge on any atom is 0.157 e. The molecule has 0 aliphatic rings. The predicted molar refractivity (Wildman–Crippen MR) is 75.1 cm³/mol. The summed E-state index contributed by atoms with van der Waals surface area (Å²) in [6.45, 7) is 11.7. The minimum absolute atomic E-state index is 0.240. The van der Waals surface area contributed by atoms with Crippen LogP contribution in [0.25, 0.3) is 0 Å². The minimum atomic E-state index is 0.240. The normalized spacial score (nSPS) is 13.3. The van der Waals surface area contributed by atoms with Gasteiger partial charge in [-0.3, -0.25) is 4.68 Å². The smallest absolute Gasteiger partial charge is 0.157 e. The van der Waals surface area contributed by atoms with Gasteiger partial charge in [0.25, 0.3) is 0 Å². The highest BCUT2D eigenvalue weighted by molar-refractivity contribution is 5.12. The van der Waals surface area contributed by atoms with Gasteiger partial charge in [-0.25, -0.2) is 0 Å². The Kier molecular flexibility index (Phi) is 6.19. The first-order valence-electron chi connectivity index (χ1n) is 6.93. The Labute approximate surface area is 111 Å². The van der Waals surface area contributed by atoms with E-state index in [-0.39, 0.29) is 6.10 Å². The molecule has 4 heteroatoms. The summed E-state index contributed by atoms with van der Waals surface area (Å²) in [5, 5.41) is 7.68. The largest absolute Gasteiger partial charge is 0.487 e. The molecule has 0 aliphatic heterocycles. The molecule has 1 atom stereocenters. The third-order valence-corrected chi connectivity index (χ3v) is 2.78. The predicted octanol–water partition coefficient (Wildman–Crippen LogP) is 3.01. The Morgan fingerprint density at radius 3 is 2.56 bits per heavy atom. The number of hydrogen-bond donors (Lipinski definition) is 1. The van der Waals surface area contributed by atoms with Crippen LogP contribution in [-0.4, -0.2) is 28.5 Å². The summed E-state index contributed by atoms with van der Waals surface area (Å²) in [6, 6.07) is 0.943. The molecule has 0 fully saturated rings. The van der Waals surface area contributed by atoms with Crippen LogP contribution >= 0.6 is 0 Å². The van der Waals surface area contributed by atoms with E-state index < -0.39 is 0 Å². The minimum Gasteiger partial charge on any atom is -0.487 e. The molecule has 1 heterocycles. The molecule has 0 spiro atoms. The van der Waals surface area contributed by atoms with E-state index in [4.69, 9.17) is 4.74 Å². The second-order valence-electron chi connectivity index (χ2n) is 5.43. The molecule has 0 aromatic carbocycles. The highest BCUT2D eigenvalue weighted by Crippen LogP contribution is 2.15. The van der Waals surface area contributed by atoms with Crippen LogP contribution in [0.4, 0.5) is 0 Å². The van der Waals surface area contributed by atoms with Crippen LogP contribution in [0.3, 0.4) is 0 Å². The number of hydrogen-bond acceptors (Lipinski definition) is 3. The van der Waals surface area contributed by atoms with E-state index in [0.717, 1.165) is 25.1 Å². The third-order valence-electron chi connectivity index (χ3n) is 2.78. The van der Waals surface area contributed by atoms with Gasteiger partial charge in [0.15, 0.2) is 5.75 Å². The van der Waals surface area contributed by atoms with E-state index in [1.54, 1.807) is 6.20 Å². The quantitative estimate of drug-likeness (QED) is 0.724. The van der Waals surface area contributed by atoms with Crippen LogP contribution in [-0.2, 0) is 0 Å². The fraction of sp³-hybridized carbons (Fsp3) is 0.786. The van der Waals surface area contributed by atoms with E-state index in [1.165, 1.54) is 0 Å². The van der Waals surface area contributed by atoms with Crippen LogP contribution in [0.2, 0.25) is 0 Å². The van der Waals surface area contributed by atoms with Crippen LogP contribution < -0.4 is 10.1 Å². The molecule has 4 nitrogen and oxygen atoms in total. The number of rotatable bonds is 8. The van der Waals surface area contributed by atoms with Crippen LogP contribution in [0.1, 0.15) is 53.5 Å². The third kappa shape index (κ3) is 5.54. The zero-order valence-corrected chi connectivity index (χ0v) is 12.3. The number of aromatic nitrogens is 2. The summed E-state index contributed by atoms with van der Waals surface area (Å²) < 4.78 is 7.76. The average molecular weight is 253 g/mol. The lowest BCUT2D eigenvalue weighted by atomic mass is 10.2. The maximum absolute atomic E-state index is 5.84. The SMILES string of the molecule is CC(C)NCCCC(C)Oc1cnn(C(C)C)c1. The van der Waals surface area contributed by atoms with Gasteiger partial charge in [0, 0.05) is 12.1 Å². The standard InChI is InChI=1S/C14H27N3O/c1-11(2)15-8-6-7-13(5)18-14-9-16-17(10-14)12(3)4/h9-13,15H,6-8H2,1-5H3. The van der Waals surface area contributed by atoms with Gasteiger partial charge >= 0.3 is 0 Å². The maximum atomic E-state index is 5.84. The summed E-state index contributed by atoms with van der Waals surface area (Å²) in [4.78, 5) is 0. The molecule has 18 heavy (non-hydrogen) atoms. The molecule has 1 aromatic rings. The molecule has 0 saturated carbocycles. The first-order valence-corrected chi connectivity index (χ1v) is 6.93. The topological polar surface area (TPSA) is 39.1 Å². The van der Waals surface area contributed by atoms with Crippen molar-refractivity contribution < 1.29 is 4.74 Å². The molecular formula is C14H27N3O. The van der Waals surface area contributed by atoms with Crippen molar-refractivity contribution in [3.8, 4) is 5.75 Å². The molecule has 0 radical (unpaired) electrons. The molecule has 1 unspecified atom stereocenters. The number of nitrogens with zero attached hydrogens (tertiary/aromatic N) is 2. The highest BCUT2D eigenvalue weighted by atomic mass is 16.5. The van der Waals surface area contributed by atoms with Crippen molar-refractivity contribution in [1.29, 1.82) is 0 Å². The van der Waals surface area contributed by atoms with E-state index in [0.29, 0.717) is 12.1 Å². The summed E-state index contributed by atoms with van der Waals surface area (Å²) in [7, 11) is 0. The second kappa shape index (κ2) is 7.41. The van der Waals surface area contributed by atoms with Gasteiger partial charge in [0.1, 0.15) is 0 Å². The van der Waals surface area contributed by atoms with Gasteiger partial charge < -0.3 is 10.1 Å². The molecule has 1 aromatic heterocycles. The first-order chi connectivity index (χ1) is 8.49. The molecule has 0 saturated heterocycles. The zero-order valence-electron chi connectivity index (χ0n) is 12.3. The lowest BCUT2D eigenvalue weighted by Crippen LogP contribution is -2.24. The van der Waals surface area contributed by atoms with Crippen molar-refractivity contribution in [2.45, 2.75) is 65.6 Å². The molecule has 0 amide bonds. The van der Waals surface area contributed by atoms with Crippen LogP contribution in [0.5, 0.6) is 5.75 Å². The van der Waals surface area contributed by atoms with Crippen molar-refractivity contribution in [3.63, 3.8) is 0 Å². The number of nitrogens with one attached hydrogen (secondary N) is 1. The van der Waals surface area contributed by atoms with Crippen molar-refractivity contribution in [3.05, 3.63) is 12.4 Å². The average Bonchev–Trinajstić information content (AvgIpc) is 2.72. The molecule has 1 rings (SSSR count). The van der Waals surface area contributed by atoms with Crippen LogP contribution in [0.15, 0.2) is 12.4 Å². The van der Waals surface area contributed by atoms with Gasteiger partial charge in [-0.15, -0.1) is 0 Å². The van der Waals surface area contributed by atoms with Crippen LogP contribution in [0, 0.1) is 0 Å². The molecule has 0 aliphatic carbocycles. The Morgan fingerprint density at radius 1 is 1.28 bits per heavy atom. The Hall–Kier alpha value is -1.03. The molecular weight excluding hydrogens is 226 g/mol. The van der Waals surface area contributed by atoms with Gasteiger partial charge in [-0.05, 0) is 40.2 Å². The Morgan fingerprint density at radius 2 is 2.00 bits per heavy atom. The Balaban J connectivity index is 2.24. The molecule has 1 N–H and O–H groups in total. The summed E-state index contributed by atoms with van der Waals surface area (Å²) in [6.07, 6.45) is 6.20. The van der Waals surface area contributed by atoms with E-state index >= 15 is 0 Å². The first kappa shape index (κ1) is 15.0. The second-order valence-corrected chi connectivity index (χ2v) is 5.43. The lowest BCUT2D eigenvalue weighted by Gasteiger charge is -2.14. The van der Waals surface area contributed by atoms with Crippen molar-refractivity contribution in [1.82, 2.24) is 15.1 Å². The lowest BCUT2D eigenvalue weighted by molar-refractivity contribution is 0.206. The summed E-state index contributed by atoms with van der Waals surface area (Å²) in [5.74, 6) is 0.869. The summed E-state index contributed by atoms with van der Waals surface area (Å²) in [5.41, 5.74) is 0. The zero-order chi connectivity index (χ0) is 13.5. The molecule has 104 valence electrons. The Bertz CT molecular complexity index is 334. The highest BCUT2D eigenvalue weighted by Gasteiger charge is 2.07. The van der Waals surface area contributed by atoms with Crippen molar-refractivity contribution in [2.24, 2.45) is 0 Å². The summed E-state index contributed by atoms with van der Waals surface area (Å²) >= 11 is 0. The monoisotopic (exact) mass is 253 g/mol. The number of ether oxygens (including phenoxy) is 1. The fourth-order valence-electron chi connectivity index (χ4n) is 1.74. The van der Waals surface area contributed by atoms with Crippen molar-refractivity contribution in [2.75, 3.05) is 6.54 Å². The van der Waals surface area contributed by atoms with Crippen molar-refractivity contribution >= 4 is 0 Å². The van der Waals surface area contributed by atoms with E-state index in [2.05, 4.69) is 45.0 Å². The van der Waals surface area contributed by atoms with Gasteiger partial charge in [-0.1, -0.05) is 13.8 Å². The van der Waals surface area contributed by atoms with Gasteiger partial charge in [-0.2, -0.15) is 5.10 Å². The van der Waals surface area contributed by atoms with Gasteiger partial charge in [0.2, 0.25) is 0 Å². The van der Waals surface area contributed by atoms with E-state index in [1.807, 2.05) is 10.9 Å². The van der Waals surface area contributed by atoms with E-state index in [9.17, 15) is 0 Å². The van der Waals surface area contributed by atoms with Gasteiger partial charge in [0.05, 0.1) is 18.5 Å². The fourth-order valence-corrected chi connectivity index (χ4v) is 1.74.